The van der Waals surface area contributed by atoms with Crippen LogP contribution in [0.4, 0.5) is 29.7 Å². The number of halogens is 2. The Bertz CT molecular complexity index is 788. The number of rotatable bonds is 10. The average molecular weight is 444 g/mol. The SMILES string of the molecule is COC(=O)N(CCN)CCNc1c(F)cc(N2CC(CN(N)C=C[NH3+])OC2=O)cc1F. The van der Waals surface area contributed by atoms with Gasteiger partial charge in [0.1, 0.15) is 18.0 Å². The highest BCUT2D eigenvalue weighted by Gasteiger charge is 2.34. The molecular weight excluding hydrogens is 416 g/mol. The van der Waals surface area contributed by atoms with Crippen molar-refractivity contribution in [3.8, 4) is 0 Å². The van der Waals surface area contributed by atoms with Crippen LogP contribution in [0.3, 0.4) is 0 Å². The van der Waals surface area contributed by atoms with Crippen molar-refractivity contribution in [1.29, 1.82) is 0 Å². The highest BCUT2D eigenvalue weighted by molar-refractivity contribution is 5.90. The topological polar surface area (TPSA) is 154 Å². The summed E-state index contributed by atoms with van der Waals surface area (Å²) in [6, 6.07) is 2.06. The smallest absolute Gasteiger partial charge is 0.414 e. The number of hydrazine groups is 1. The minimum absolute atomic E-state index is 0.0173. The summed E-state index contributed by atoms with van der Waals surface area (Å²) in [4.78, 5) is 26.2. The highest BCUT2D eigenvalue weighted by Crippen LogP contribution is 2.28. The molecule has 0 aromatic heterocycles. The number of methoxy groups -OCH3 is 1. The predicted octanol–water partition coefficient (Wildman–Crippen LogP) is -0.382. The number of carbonyl (C=O) groups is 2. The Morgan fingerprint density at radius 1 is 1.42 bits per heavy atom. The number of nitrogens with zero attached hydrogens (tertiary/aromatic N) is 3. The second kappa shape index (κ2) is 11.3. The molecule has 0 spiro atoms. The Morgan fingerprint density at radius 3 is 2.68 bits per heavy atom. The fourth-order valence-corrected chi connectivity index (χ4v) is 3.04. The molecule has 1 atom stereocenters. The van der Waals surface area contributed by atoms with Crippen LogP contribution in [0.2, 0.25) is 0 Å². The number of nitrogens with one attached hydrogen (secondary N) is 1. The summed E-state index contributed by atoms with van der Waals surface area (Å²) in [5.41, 5.74) is 8.60. The number of nitrogens with two attached hydrogens (primary N) is 2. The molecule has 8 N–H and O–H groups in total. The van der Waals surface area contributed by atoms with Crippen molar-refractivity contribution in [3.63, 3.8) is 0 Å². The molecule has 11 nitrogen and oxygen atoms in total. The Hall–Kier alpha value is -3.16. The molecule has 31 heavy (non-hydrogen) atoms. The van der Waals surface area contributed by atoms with Crippen LogP contribution in [0.25, 0.3) is 0 Å². The van der Waals surface area contributed by atoms with Gasteiger partial charge in [0.15, 0.2) is 11.6 Å². The number of hydrogen-bond acceptors (Lipinski definition) is 8. The van der Waals surface area contributed by atoms with Crippen LogP contribution >= 0.6 is 0 Å². The first-order chi connectivity index (χ1) is 14.8. The molecule has 172 valence electrons. The van der Waals surface area contributed by atoms with Gasteiger partial charge in [-0.2, -0.15) is 0 Å². The molecule has 1 saturated heterocycles. The van der Waals surface area contributed by atoms with Gasteiger partial charge in [0.2, 0.25) is 0 Å². The number of anilines is 2. The van der Waals surface area contributed by atoms with E-state index >= 15 is 0 Å². The number of carbonyl (C=O) groups excluding carboxylic acids is 2. The van der Waals surface area contributed by atoms with E-state index in [9.17, 15) is 18.4 Å². The molecule has 1 fully saturated rings. The zero-order chi connectivity index (χ0) is 23.0. The molecule has 1 aromatic rings. The Kier molecular flexibility index (Phi) is 8.78. The maximum absolute atomic E-state index is 14.5. The molecular formula is C18H28F2N7O4+. The molecule has 1 aliphatic rings. The summed E-state index contributed by atoms with van der Waals surface area (Å²) >= 11 is 0. The second-order valence-corrected chi connectivity index (χ2v) is 6.65. The zero-order valence-corrected chi connectivity index (χ0v) is 17.2. The van der Waals surface area contributed by atoms with Crippen molar-refractivity contribution in [3.05, 3.63) is 36.2 Å². The third-order valence-corrected chi connectivity index (χ3v) is 4.44. The number of quaternary nitrogens is 1. The molecule has 1 heterocycles. The van der Waals surface area contributed by atoms with Crippen molar-refractivity contribution in [1.82, 2.24) is 9.91 Å². The van der Waals surface area contributed by atoms with E-state index in [1.165, 1.54) is 29.4 Å². The fraction of sp³-hybridized carbons (Fsp3) is 0.444. The van der Waals surface area contributed by atoms with E-state index in [2.05, 4.69) is 15.8 Å². The lowest BCUT2D eigenvalue weighted by Gasteiger charge is -2.21. The lowest BCUT2D eigenvalue weighted by atomic mass is 10.2. The maximum Gasteiger partial charge on any atom is 0.414 e. The molecule has 0 aliphatic carbocycles. The molecule has 1 aromatic carbocycles. The summed E-state index contributed by atoms with van der Waals surface area (Å²) < 4.78 is 38.9. The van der Waals surface area contributed by atoms with E-state index in [1.54, 1.807) is 0 Å². The molecule has 2 rings (SSSR count). The van der Waals surface area contributed by atoms with Crippen LogP contribution in [0.1, 0.15) is 0 Å². The molecule has 1 aliphatic heterocycles. The van der Waals surface area contributed by atoms with Gasteiger partial charge in [0, 0.05) is 38.3 Å². The van der Waals surface area contributed by atoms with E-state index < -0.39 is 29.9 Å². The predicted molar refractivity (Wildman–Crippen MR) is 108 cm³/mol. The van der Waals surface area contributed by atoms with Gasteiger partial charge < -0.3 is 36.2 Å². The third-order valence-electron chi connectivity index (χ3n) is 4.44. The first-order valence-electron chi connectivity index (χ1n) is 9.52. The largest absolute Gasteiger partial charge is 0.453 e. The summed E-state index contributed by atoms with van der Waals surface area (Å²) in [6.07, 6.45) is 1.08. The van der Waals surface area contributed by atoms with Crippen LogP contribution in [-0.4, -0.2) is 74.6 Å². The number of ether oxygens (including phenoxy) is 2. The quantitative estimate of drug-likeness (QED) is 0.281. The van der Waals surface area contributed by atoms with Crippen LogP contribution in [-0.2, 0) is 9.47 Å². The lowest BCUT2D eigenvalue weighted by molar-refractivity contribution is -0.276. The molecule has 2 amide bonds. The number of amides is 2. The molecule has 13 heteroatoms. The zero-order valence-electron chi connectivity index (χ0n) is 17.2. The Morgan fingerprint density at radius 2 is 2.10 bits per heavy atom. The van der Waals surface area contributed by atoms with Crippen LogP contribution in [0, 0.1) is 11.6 Å². The van der Waals surface area contributed by atoms with Crippen molar-refractivity contribution in [2.24, 2.45) is 11.6 Å². The molecule has 0 bridgehead atoms. The molecule has 1 unspecified atom stereocenters. The first-order valence-corrected chi connectivity index (χ1v) is 9.52. The van der Waals surface area contributed by atoms with E-state index in [0.717, 1.165) is 17.0 Å². The van der Waals surface area contributed by atoms with E-state index in [-0.39, 0.29) is 50.6 Å². The van der Waals surface area contributed by atoms with Crippen LogP contribution in [0.15, 0.2) is 24.5 Å². The number of hydrogen-bond donors (Lipinski definition) is 4. The van der Waals surface area contributed by atoms with Gasteiger partial charge >= 0.3 is 12.2 Å². The summed E-state index contributed by atoms with van der Waals surface area (Å²) in [5.74, 6) is 3.92. The Labute approximate surface area is 178 Å². The van der Waals surface area contributed by atoms with Crippen molar-refractivity contribution in [2.45, 2.75) is 6.10 Å². The first kappa shape index (κ1) is 24.1. The summed E-state index contributed by atoms with van der Waals surface area (Å²) in [7, 11) is 1.23. The van der Waals surface area contributed by atoms with E-state index in [4.69, 9.17) is 16.3 Å². The van der Waals surface area contributed by atoms with Gasteiger partial charge in [0.25, 0.3) is 0 Å². The van der Waals surface area contributed by atoms with Gasteiger partial charge in [-0.3, -0.25) is 4.90 Å². The van der Waals surface area contributed by atoms with Gasteiger partial charge in [-0.25, -0.2) is 24.2 Å². The van der Waals surface area contributed by atoms with E-state index in [0.29, 0.717) is 0 Å². The number of cyclic esters (lactones) is 1. The average Bonchev–Trinajstić information content (AvgIpc) is 3.08. The van der Waals surface area contributed by atoms with Crippen LogP contribution in [0.5, 0.6) is 0 Å². The van der Waals surface area contributed by atoms with Crippen molar-refractivity contribution in [2.75, 3.05) is 56.6 Å². The minimum atomic E-state index is -0.893. The van der Waals surface area contributed by atoms with Gasteiger partial charge in [-0.05, 0) is 0 Å². The van der Waals surface area contributed by atoms with Crippen LogP contribution < -0.4 is 27.5 Å². The summed E-state index contributed by atoms with van der Waals surface area (Å²) in [5, 5.41) is 3.91. The summed E-state index contributed by atoms with van der Waals surface area (Å²) in [6.45, 7) is 0.910. The number of benzene rings is 1. The van der Waals surface area contributed by atoms with Gasteiger partial charge in [-0.15, -0.1) is 0 Å². The fourth-order valence-electron chi connectivity index (χ4n) is 3.04. The third kappa shape index (κ3) is 6.41. The molecule has 0 saturated carbocycles. The minimum Gasteiger partial charge on any atom is -0.453 e. The molecule has 0 radical (unpaired) electrons. The van der Waals surface area contributed by atoms with E-state index in [1.807, 2.05) is 0 Å². The Balaban J connectivity index is 2.03. The van der Waals surface area contributed by atoms with Gasteiger partial charge in [-0.1, -0.05) is 0 Å². The second-order valence-electron chi connectivity index (χ2n) is 6.65. The van der Waals surface area contributed by atoms with Crippen molar-refractivity contribution >= 4 is 23.6 Å². The monoisotopic (exact) mass is 444 g/mol. The lowest BCUT2D eigenvalue weighted by Crippen LogP contribution is -2.42. The van der Waals surface area contributed by atoms with Crippen molar-refractivity contribution < 1.29 is 33.6 Å². The highest BCUT2D eigenvalue weighted by atomic mass is 19.1. The van der Waals surface area contributed by atoms with Gasteiger partial charge in [0.05, 0.1) is 32.1 Å². The maximum atomic E-state index is 14.5. The normalized spacial score (nSPS) is 15.9. The standard InChI is InChI=1S/C18H27F2N7O4/c1-30-17(28)25(5-2-21)7-4-24-16-14(19)8-12(9-15(16)20)27-11-13(31-18(27)29)10-26(23)6-3-22/h3,6,8-9,13,24H,2,4-5,7,10-11,21-23H2,1H3/p+1.